The number of rotatable bonds is 4. The first-order chi connectivity index (χ1) is 9.44. The highest BCUT2D eigenvalue weighted by atomic mass is 32.2. The van der Waals surface area contributed by atoms with Gasteiger partial charge in [0, 0.05) is 31.6 Å². The number of carbonyl (C=O) groups excluding carboxylic acids is 1. The molecule has 1 saturated heterocycles. The summed E-state index contributed by atoms with van der Waals surface area (Å²) < 4.78 is 25.3. The van der Waals surface area contributed by atoms with Crippen molar-refractivity contribution >= 4 is 32.4 Å². The minimum atomic E-state index is -3.18. The molecule has 7 nitrogen and oxygen atoms in total. The zero-order chi connectivity index (χ0) is 14.8. The maximum absolute atomic E-state index is 12.1. The van der Waals surface area contributed by atoms with Gasteiger partial charge in [-0.3, -0.25) is 4.79 Å². The Morgan fingerprint density at radius 2 is 2.05 bits per heavy atom. The summed E-state index contributed by atoms with van der Waals surface area (Å²) >= 11 is 1.22. The van der Waals surface area contributed by atoms with Crippen molar-refractivity contribution in [2.75, 3.05) is 37.7 Å². The fraction of sp³-hybridized carbons (Fsp3) is 0.636. The Balaban J connectivity index is 1.96. The molecule has 0 unspecified atom stereocenters. The number of anilines is 1. The van der Waals surface area contributed by atoms with Crippen molar-refractivity contribution in [3.05, 3.63) is 11.1 Å². The van der Waals surface area contributed by atoms with E-state index in [1.807, 2.05) is 6.92 Å². The number of carbonyl (C=O) groups is 1. The van der Waals surface area contributed by atoms with Gasteiger partial charge >= 0.3 is 0 Å². The van der Waals surface area contributed by atoms with Crippen LogP contribution >= 0.6 is 11.3 Å². The second kappa shape index (κ2) is 6.06. The molecule has 1 fully saturated rings. The van der Waals surface area contributed by atoms with Crippen molar-refractivity contribution in [2.24, 2.45) is 0 Å². The maximum atomic E-state index is 12.1. The topological polar surface area (TPSA) is 96.6 Å². The highest BCUT2D eigenvalue weighted by Crippen LogP contribution is 2.15. The van der Waals surface area contributed by atoms with Gasteiger partial charge in [-0.15, -0.1) is 11.3 Å². The molecule has 0 saturated carbocycles. The number of hydrogen-bond donors (Lipinski definition) is 1. The summed E-state index contributed by atoms with van der Waals surface area (Å²) in [4.78, 5) is 17.7. The molecule has 0 aromatic carbocycles. The van der Waals surface area contributed by atoms with Gasteiger partial charge in [0.05, 0.1) is 5.75 Å². The highest BCUT2D eigenvalue weighted by molar-refractivity contribution is 7.89. The predicted molar refractivity (Wildman–Crippen MR) is 78.1 cm³/mol. The molecule has 1 aliphatic heterocycles. The number of sulfonamides is 1. The lowest BCUT2D eigenvalue weighted by molar-refractivity contribution is 0.0693. The summed E-state index contributed by atoms with van der Waals surface area (Å²) in [6, 6.07) is 0. The van der Waals surface area contributed by atoms with Crippen molar-refractivity contribution in [2.45, 2.75) is 13.3 Å². The largest absolute Gasteiger partial charge is 0.375 e. The zero-order valence-electron chi connectivity index (χ0n) is 11.3. The Bertz CT molecular complexity index is 576. The van der Waals surface area contributed by atoms with E-state index in [1.54, 1.807) is 10.3 Å². The number of amides is 1. The smallest absolute Gasteiger partial charge is 0.273 e. The van der Waals surface area contributed by atoms with E-state index in [9.17, 15) is 13.2 Å². The van der Waals surface area contributed by atoms with Gasteiger partial charge in [0.15, 0.2) is 5.13 Å². The number of piperazine rings is 1. The molecule has 2 rings (SSSR count). The van der Waals surface area contributed by atoms with E-state index in [2.05, 4.69) is 4.98 Å². The minimum Gasteiger partial charge on any atom is -0.375 e. The Labute approximate surface area is 122 Å². The predicted octanol–water partition coefficient (Wildman–Crippen LogP) is 0.223. The third kappa shape index (κ3) is 3.28. The first-order valence-corrected chi connectivity index (χ1v) is 8.91. The molecule has 2 N–H and O–H groups in total. The minimum absolute atomic E-state index is 0.156. The standard InChI is InChI=1S/C11H18N4O3S2/c1-2-7-20(17,18)15-5-3-14(4-6-15)10(16)9-8-19-11(12)13-9/h8H,2-7H2,1H3,(H2,12,13). The summed E-state index contributed by atoms with van der Waals surface area (Å²) in [5.41, 5.74) is 5.84. The van der Waals surface area contributed by atoms with E-state index in [0.29, 0.717) is 43.4 Å². The van der Waals surface area contributed by atoms with E-state index in [4.69, 9.17) is 5.73 Å². The molecule has 0 atom stereocenters. The molecule has 0 bridgehead atoms. The second-order valence-corrected chi connectivity index (χ2v) is 7.56. The van der Waals surface area contributed by atoms with Crippen LogP contribution in [0.15, 0.2) is 5.38 Å². The van der Waals surface area contributed by atoms with Crippen LogP contribution in [0, 0.1) is 0 Å². The molecule has 0 radical (unpaired) electrons. The first kappa shape index (κ1) is 15.2. The number of nitrogens with zero attached hydrogens (tertiary/aromatic N) is 3. The van der Waals surface area contributed by atoms with Crippen LogP contribution in [0.5, 0.6) is 0 Å². The SMILES string of the molecule is CCCS(=O)(=O)N1CCN(C(=O)c2csc(N)n2)CC1. The lowest BCUT2D eigenvalue weighted by Crippen LogP contribution is -2.51. The van der Waals surface area contributed by atoms with Gasteiger partial charge in [0.2, 0.25) is 10.0 Å². The van der Waals surface area contributed by atoms with Gasteiger partial charge in [-0.1, -0.05) is 6.92 Å². The Morgan fingerprint density at radius 1 is 1.40 bits per heavy atom. The molecule has 0 aliphatic carbocycles. The number of nitrogen functional groups attached to an aromatic ring is 1. The number of aromatic nitrogens is 1. The fourth-order valence-electron chi connectivity index (χ4n) is 2.10. The van der Waals surface area contributed by atoms with E-state index in [0.717, 1.165) is 0 Å². The fourth-order valence-corrected chi connectivity index (χ4v) is 4.13. The van der Waals surface area contributed by atoms with Crippen LogP contribution in [-0.2, 0) is 10.0 Å². The van der Waals surface area contributed by atoms with Crippen molar-refractivity contribution in [3.8, 4) is 0 Å². The Morgan fingerprint density at radius 3 is 2.55 bits per heavy atom. The van der Waals surface area contributed by atoms with Gasteiger partial charge in [0.1, 0.15) is 5.69 Å². The van der Waals surface area contributed by atoms with Gasteiger partial charge in [-0.2, -0.15) is 4.31 Å². The third-order valence-corrected chi connectivity index (χ3v) is 5.87. The summed E-state index contributed by atoms with van der Waals surface area (Å²) in [6.45, 7) is 3.30. The van der Waals surface area contributed by atoms with Crippen molar-refractivity contribution in [1.82, 2.24) is 14.2 Å². The lowest BCUT2D eigenvalue weighted by atomic mass is 10.3. The average molecular weight is 318 g/mol. The van der Waals surface area contributed by atoms with Crippen LogP contribution in [0.4, 0.5) is 5.13 Å². The number of nitrogens with two attached hydrogens (primary N) is 1. The summed E-state index contributed by atoms with van der Waals surface area (Å²) in [7, 11) is -3.18. The van der Waals surface area contributed by atoms with Crippen LogP contribution in [-0.4, -0.2) is 60.4 Å². The van der Waals surface area contributed by atoms with Crippen LogP contribution in [0.2, 0.25) is 0 Å². The molecule has 2 heterocycles. The van der Waals surface area contributed by atoms with Crippen LogP contribution < -0.4 is 5.73 Å². The first-order valence-electron chi connectivity index (χ1n) is 6.42. The lowest BCUT2D eigenvalue weighted by Gasteiger charge is -2.33. The number of hydrogen-bond acceptors (Lipinski definition) is 6. The molecule has 1 aliphatic rings. The molecule has 1 amide bonds. The van der Waals surface area contributed by atoms with E-state index < -0.39 is 10.0 Å². The highest BCUT2D eigenvalue weighted by Gasteiger charge is 2.29. The zero-order valence-corrected chi connectivity index (χ0v) is 12.9. The number of thiazole rings is 1. The molecule has 0 spiro atoms. The van der Waals surface area contributed by atoms with Crippen LogP contribution in [0.3, 0.4) is 0 Å². The maximum Gasteiger partial charge on any atom is 0.273 e. The second-order valence-electron chi connectivity index (χ2n) is 4.58. The van der Waals surface area contributed by atoms with Gasteiger partial charge in [-0.25, -0.2) is 13.4 Å². The normalized spacial score (nSPS) is 17.4. The van der Waals surface area contributed by atoms with E-state index >= 15 is 0 Å². The van der Waals surface area contributed by atoms with E-state index in [-0.39, 0.29) is 11.7 Å². The van der Waals surface area contributed by atoms with Crippen LogP contribution in [0.25, 0.3) is 0 Å². The van der Waals surface area contributed by atoms with E-state index in [1.165, 1.54) is 15.6 Å². The molecule has 1 aromatic rings. The van der Waals surface area contributed by atoms with Crippen LogP contribution in [0.1, 0.15) is 23.8 Å². The Kier molecular flexibility index (Phi) is 4.61. The van der Waals surface area contributed by atoms with Crippen molar-refractivity contribution in [1.29, 1.82) is 0 Å². The van der Waals surface area contributed by atoms with Gasteiger partial charge < -0.3 is 10.6 Å². The van der Waals surface area contributed by atoms with Gasteiger partial charge in [0.25, 0.3) is 5.91 Å². The van der Waals surface area contributed by atoms with Crippen molar-refractivity contribution < 1.29 is 13.2 Å². The molecular weight excluding hydrogens is 300 g/mol. The monoisotopic (exact) mass is 318 g/mol. The summed E-state index contributed by atoms with van der Waals surface area (Å²) in [5.74, 6) is -0.0330. The van der Waals surface area contributed by atoms with Gasteiger partial charge in [-0.05, 0) is 6.42 Å². The summed E-state index contributed by atoms with van der Waals surface area (Å²) in [5, 5.41) is 1.98. The Hall–Kier alpha value is -1.19. The third-order valence-electron chi connectivity index (χ3n) is 3.12. The molecule has 112 valence electrons. The van der Waals surface area contributed by atoms with Crippen molar-refractivity contribution in [3.63, 3.8) is 0 Å². The summed E-state index contributed by atoms with van der Waals surface area (Å²) in [6.07, 6.45) is 0.597. The molecular formula is C11H18N4O3S2. The average Bonchev–Trinajstić information content (AvgIpc) is 2.85. The molecule has 9 heteroatoms. The molecule has 1 aromatic heterocycles. The quantitative estimate of drug-likeness (QED) is 0.857. The molecule has 20 heavy (non-hydrogen) atoms.